The van der Waals surface area contributed by atoms with Gasteiger partial charge in [0.15, 0.2) is 0 Å². The highest BCUT2D eigenvalue weighted by Gasteiger charge is 2.30. The Hall–Kier alpha value is -2.81. The fourth-order valence-corrected chi connectivity index (χ4v) is 1.97. The minimum absolute atomic E-state index is 0.0532. The van der Waals surface area contributed by atoms with Crippen molar-refractivity contribution in [1.29, 1.82) is 5.26 Å². The third-order valence-corrected chi connectivity index (χ3v) is 3.05. The molecule has 0 saturated carbocycles. The molecule has 2 aromatic rings. The lowest BCUT2D eigenvalue weighted by atomic mass is 10.1. The van der Waals surface area contributed by atoms with Gasteiger partial charge in [-0.25, -0.2) is 0 Å². The van der Waals surface area contributed by atoms with Crippen LogP contribution in [0.25, 0.3) is 11.6 Å². The van der Waals surface area contributed by atoms with Crippen molar-refractivity contribution in [1.82, 2.24) is 4.98 Å². The van der Waals surface area contributed by atoms with Gasteiger partial charge in [-0.05, 0) is 49.8 Å². The molecule has 0 aliphatic carbocycles. The second-order valence-electron chi connectivity index (χ2n) is 5.34. The van der Waals surface area contributed by atoms with E-state index in [0.29, 0.717) is 5.75 Å². The Kier molecular flexibility index (Phi) is 5.24. The third-order valence-electron chi connectivity index (χ3n) is 3.05. The highest BCUT2D eigenvalue weighted by atomic mass is 19.4. The number of rotatable bonds is 4. The van der Waals surface area contributed by atoms with Crippen LogP contribution in [-0.2, 0) is 6.18 Å². The maximum Gasteiger partial charge on any atom is 0.417 e. The molecule has 1 aromatic heterocycles. The Morgan fingerprint density at radius 2 is 1.83 bits per heavy atom. The average Bonchev–Trinajstić information content (AvgIpc) is 2.53. The molecule has 0 atom stereocenters. The summed E-state index contributed by atoms with van der Waals surface area (Å²) in [4.78, 5) is 3.73. The third kappa shape index (κ3) is 4.59. The molecule has 24 heavy (non-hydrogen) atoms. The van der Waals surface area contributed by atoms with Gasteiger partial charge < -0.3 is 4.74 Å². The number of nitriles is 1. The summed E-state index contributed by atoms with van der Waals surface area (Å²) in [7, 11) is 0. The normalized spacial score (nSPS) is 12.1. The van der Waals surface area contributed by atoms with Gasteiger partial charge in [-0.1, -0.05) is 12.1 Å². The Labute approximate surface area is 138 Å². The highest BCUT2D eigenvalue weighted by Crippen LogP contribution is 2.29. The van der Waals surface area contributed by atoms with Gasteiger partial charge in [-0.2, -0.15) is 18.4 Å². The molecule has 0 aliphatic heterocycles. The largest absolute Gasteiger partial charge is 0.491 e. The molecule has 3 nitrogen and oxygen atoms in total. The Bertz CT molecular complexity index is 755. The number of allylic oxidation sites excluding steroid dienone is 1. The van der Waals surface area contributed by atoms with Crippen molar-refractivity contribution in [3.05, 3.63) is 59.4 Å². The van der Waals surface area contributed by atoms with Crippen LogP contribution in [0.2, 0.25) is 0 Å². The minimum atomic E-state index is -4.45. The van der Waals surface area contributed by atoms with E-state index in [-0.39, 0.29) is 17.4 Å². The molecule has 0 spiro atoms. The van der Waals surface area contributed by atoms with Crippen molar-refractivity contribution in [2.75, 3.05) is 0 Å². The molecular weight excluding hydrogens is 317 g/mol. The first-order chi connectivity index (χ1) is 11.3. The van der Waals surface area contributed by atoms with Crippen LogP contribution < -0.4 is 4.74 Å². The summed E-state index contributed by atoms with van der Waals surface area (Å²) in [6, 6.07) is 11.1. The second-order valence-corrected chi connectivity index (χ2v) is 5.34. The van der Waals surface area contributed by atoms with Crippen LogP contribution in [0.15, 0.2) is 42.6 Å². The monoisotopic (exact) mass is 332 g/mol. The molecule has 0 radical (unpaired) electrons. The lowest BCUT2D eigenvalue weighted by molar-refractivity contribution is -0.137. The van der Waals surface area contributed by atoms with E-state index in [1.54, 1.807) is 30.3 Å². The zero-order valence-corrected chi connectivity index (χ0v) is 13.1. The van der Waals surface area contributed by atoms with Crippen molar-refractivity contribution in [2.45, 2.75) is 26.1 Å². The van der Waals surface area contributed by atoms with Crippen LogP contribution in [0.5, 0.6) is 5.75 Å². The van der Waals surface area contributed by atoms with Gasteiger partial charge in [0.1, 0.15) is 11.8 Å². The maximum atomic E-state index is 12.5. The Morgan fingerprint density at radius 3 is 2.29 bits per heavy atom. The van der Waals surface area contributed by atoms with E-state index in [4.69, 9.17) is 4.74 Å². The first-order valence-corrected chi connectivity index (χ1v) is 7.21. The number of halogens is 3. The smallest absolute Gasteiger partial charge is 0.417 e. The summed E-state index contributed by atoms with van der Waals surface area (Å²) in [6.45, 7) is 3.83. The van der Waals surface area contributed by atoms with Crippen molar-refractivity contribution in [3.8, 4) is 11.8 Å². The molecule has 124 valence electrons. The predicted octanol–water partition coefficient (Wildman–Crippen LogP) is 4.95. The average molecular weight is 332 g/mol. The fourth-order valence-electron chi connectivity index (χ4n) is 1.97. The number of nitrogens with zero attached hydrogens (tertiary/aromatic N) is 2. The van der Waals surface area contributed by atoms with E-state index in [2.05, 4.69) is 4.98 Å². The summed E-state index contributed by atoms with van der Waals surface area (Å²) in [5.74, 6) is 0.702. The first-order valence-electron chi connectivity index (χ1n) is 7.21. The summed E-state index contributed by atoms with van der Waals surface area (Å²) < 4.78 is 43.2. The van der Waals surface area contributed by atoms with E-state index in [0.717, 1.165) is 17.8 Å². The van der Waals surface area contributed by atoms with E-state index in [1.807, 2.05) is 19.9 Å². The molecule has 2 rings (SSSR count). The number of alkyl halides is 3. The number of aromatic nitrogens is 1. The lowest BCUT2D eigenvalue weighted by Gasteiger charge is -2.09. The van der Waals surface area contributed by atoms with Crippen molar-refractivity contribution < 1.29 is 17.9 Å². The van der Waals surface area contributed by atoms with Gasteiger partial charge in [0.25, 0.3) is 0 Å². The molecule has 0 saturated heterocycles. The summed E-state index contributed by atoms with van der Waals surface area (Å²) in [5.41, 5.74) is 0.248. The van der Waals surface area contributed by atoms with Crippen molar-refractivity contribution >= 4 is 11.6 Å². The van der Waals surface area contributed by atoms with E-state index >= 15 is 0 Å². The van der Waals surface area contributed by atoms with E-state index < -0.39 is 11.7 Å². The SMILES string of the molecule is CC(C)Oc1ccc(/C=C(\C#N)c2ccc(C(F)(F)F)cn2)cc1. The first kappa shape index (κ1) is 17.5. The van der Waals surface area contributed by atoms with E-state index in [9.17, 15) is 18.4 Å². The topological polar surface area (TPSA) is 45.9 Å². The maximum absolute atomic E-state index is 12.5. The molecule has 0 amide bonds. The number of hydrogen-bond donors (Lipinski definition) is 0. The Morgan fingerprint density at radius 1 is 1.17 bits per heavy atom. The molecule has 1 aromatic carbocycles. The molecule has 0 bridgehead atoms. The van der Waals surface area contributed by atoms with Crippen LogP contribution in [-0.4, -0.2) is 11.1 Å². The van der Waals surface area contributed by atoms with Gasteiger partial charge in [-0.3, -0.25) is 4.98 Å². The van der Waals surface area contributed by atoms with Crippen LogP contribution in [0.4, 0.5) is 13.2 Å². The number of hydrogen-bond acceptors (Lipinski definition) is 3. The number of ether oxygens (including phenoxy) is 1. The van der Waals surface area contributed by atoms with Gasteiger partial charge >= 0.3 is 6.18 Å². The molecule has 0 aliphatic rings. The highest BCUT2D eigenvalue weighted by molar-refractivity contribution is 5.88. The number of pyridine rings is 1. The number of benzene rings is 1. The molecule has 1 heterocycles. The summed E-state index contributed by atoms with van der Waals surface area (Å²) >= 11 is 0. The molecular formula is C18H15F3N2O. The molecule has 0 N–H and O–H groups in total. The zero-order chi connectivity index (χ0) is 17.7. The minimum Gasteiger partial charge on any atom is -0.491 e. The van der Waals surface area contributed by atoms with Gasteiger partial charge in [-0.15, -0.1) is 0 Å². The van der Waals surface area contributed by atoms with Crippen LogP contribution >= 0.6 is 0 Å². The van der Waals surface area contributed by atoms with Crippen LogP contribution in [0.1, 0.15) is 30.7 Å². The molecule has 6 heteroatoms. The van der Waals surface area contributed by atoms with Crippen molar-refractivity contribution in [2.24, 2.45) is 0 Å². The summed E-state index contributed by atoms with van der Waals surface area (Å²) in [5, 5.41) is 9.24. The van der Waals surface area contributed by atoms with Crippen molar-refractivity contribution in [3.63, 3.8) is 0 Å². The Balaban J connectivity index is 2.24. The predicted molar refractivity (Wildman–Crippen MR) is 84.9 cm³/mol. The zero-order valence-electron chi connectivity index (χ0n) is 13.1. The molecule has 0 fully saturated rings. The quantitative estimate of drug-likeness (QED) is 0.744. The fraction of sp³-hybridized carbons (Fsp3) is 0.222. The molecule has 0 unspecified atom stereocenters. The summed E-state index contributed by atoms with van der Waals surface area (Å²) in [6.07, 6.45) is -2.11. The van der Waals surface area contributed by atoms with Gasteiger partial charge in [0.2, 0.25) is 0 Å². The van der Waals surface area contributed by atoms with Gasteiger partial charge in [0.05, 0.1) is 22.9 Å². The van der Waals surface area contributed by atoms with Crippen LogP contribution in [0.3, 0.4) is 0 Å². The van der Waals surface area contributed by atoms with E-state index in [1.165, 1.54) is 6.07 Å². The lowest BCUT2D eigenvalue weighted by Crippen LogP contribution is -2.05. The standard InChI is InChI=1S/C18H15F3N2O/c1-12(2)24-16-6-3-13(4-7-16)9-14(10-22)17-8-5-15(11-23-17)18(19,20)21/h3-9,11-12H,1-2H3/b14-9+. The van der Waals surface area contributed by atoms with Crippen LogP contribution in [0, 0.1) is 11.3 Å². The van der Waals surface area contributed by atoms with Gasteiger partial charge in [0, 0.05) is 6.20 Å². The second kappa shape index (κ2) is 7.18.